The summed E-state index contributed by atoms with van der Waals surface area (Å²) in [5.41, 5.74) is 7.38. The zero-order chi connectivity index (χ0) is 14.0. The van der Waals surface area contributed by atoms with Crippen LogP contribution < -0.4 is 10.6 Å². The van der Waals surface area contributed by atoms with Crippen molar-refractivity contribution >= 4 is 17.5 Å². The van der Waals surface area contributed by atoms with Gasteiger partial charge >= 0.3 is 0 Å². The maximum atomic E-state index is 11.9. The van der Waals surface area contributed by atoms with Crippen molar-refractivity contribution in [1.82, 2.24) is 0 Å². The van der Waals surface area contributed by atoms with E-state index in [4.69, 9.17) is 5.73 Å². The molecule has 0 aromatic heterocycles. The Balaban J connectivity index is 2.14. The number of anilines is 1. The van der Waals surface area contributed by atoms with Crippen LogP contribution in [0.1, 0.15) is 38.2 Å². The molecule has 1 aliphatic rings. The summed E-state index contributed by atoms with van der Waals surface area (Å²) in [4.78, 5) is 24.7. The highest BCUT2D eigenvalue weighted by atomic mass is 16.2. The zero-order valence-electron chi connectivity index (χ0n) is 11.4. The number of benzene rings is 1. The van der Waals surface area contributed by atoms with Crippen LogP contribution in [0, 0.1) is 5.92 Å². The largest absolute Gasteiger partial charge is 0.369 e. The first kappa shape index (κ1) is 13.6. The summed E-state index contributed by atoms with van der Waals surface area (Å²) in [6, 6.07) is 7.99. The van der Waals surface area contributed by atoms with Crippen LogP contribution in [0.3, 0.4) is 0 Å². The second-order valence-corrected chi connectivity index (χ2v) is 5.21. The number of hydrogen-bond donors (Lipinski definition) is 1. The van der Waals surface area contributed by atoms with Crippen LogP contribution in [0.4, 0.5) is 5.69 Å². The average Bonchev–Trinajstić information content (AvgIpc) is 2.80. The number of hydrogen-bond acceptors (Lipinski definition) is 2. The van der Waals surface area contributed by atoms with E-state index in [0.29, 0.717) is 12.5 Å². The lowest BCUT2D eigenvalue weighted by Crippen LogP contribution is -2.28. The third kappa shape index (κ3) is 2.78. The Morgan fingerprint density at radius 3 is 2.53 bits per heavy atom. The predicted molar refractivity (Wildman–Crippen MR) is 74.8 cm³/mol. The van der Waals surface area contributed by atoms with Gasteiger partial charge in [-0.3, -0.25) is 9.59 Å². The van der Waals surface area contributed by atoms with Gasteiger partial charge in [0.25, 0.3) is 0 Å². The van der Waals surface area contributed by atoms with Gasteiger partial charge in [0.1, 0.15) is 0 Å². The molecule has 19 heavy (non-hydrogen) atoms. The fourth-order valence-corrected chi connectivity index (χ4v) is 2.37. The molecule has 102 valence electrons. The van der Waals surface area contributed by atoms with Crippen molar-refractivity contribution in [2.24, 2.45) is 11.7 Å². The van der Waals surface area contributed by atoms with Gasteiger partial charge in [0.05, 0.1) is 5.92 Å². The molecule has 0 radical (unpaired) electrons. The fourth-order valence-electron chi connectivity index (χ4n) is 2.37. The Hall–Kier alpha value is -1.84. The van der Waals surface area contributed by atoms with Gasteiger partial charge in [-0.1, -0.05) is 26.0 Å². The minimum absolute atomic E-state index is 0.0277. The molecule has 0 bridgehead atoms. The van der Waals surface area contributed by atoms with Crippen molar-refractivity contribution in [3.8, 4) is 0 Å². The monoisotopic (exact) mass is 260 g/mol. The van der Waals surface area contributed by atoms with Gasteiger partial charge in [-0.15, -0.1) is 0 Å². The van der Waals surface area contributed by atoms with Crippen LogP contribution in [0.2, 0.25) is 0 Å². The van der Waals surface area contributed by atoms with Crippen LogP contribution in [0.15, 0.2) is 24.3 Å². The van der Waals surface area contributed by atoms with E-state index in [0.717, 1.165) is 12.1 Å². The van der Waals surface area contributed by atoms with E-state index >= 15 is 0 Å². The van der Waals surface area contributed by atoms with E-state index in [-0.39, 0.29) is 18.2 Å². The maximum absolute atomic E-state index is 11.9. The number of nitrogens with two attached hydrogens (primary N) is 1. The first-order chi connectivity index (χ1) is 9.02. The summed E-state index contributed by atoms with van der Waals surface area (Å²) in [6.07, 6.45) is 1.31. The quantitative estimate of drug-likeness (QED) is 0.900. The molecular formula is C15H20N2O2. The minimum Gasteiger partial charge on any atom is -0.369 e. The van der Waals surface area contributed by atoms with Crippen molar-refractivity contribution in [3.05, 3.63) is 29.8 Å². The van der Waals surface area contributed by atoms with Gasteiger partial charge in [0.2, 0.25) is 11.8 Å². The fraction of sp³-hybridized carbons (Fsp3) is 0.467. The van der Waals surface area contributed by atoms with Crippen LogP contribution in [0.5, 0.6) is 0 Å². The summed E-state index contributed by atoms with van der Waals surface area (Å²) in [6.45, 7) is 4.73. The average molecular weight is 260 g/mol. The summed E-state index contributed by atoms with van der Waals surface area (Å²) in [5, 5.41) is 0. The molecular weight excluding hydrogens is 240 g/mol. The van der Waals surface area contributed by atoms with Crippen molar-refractivity contribution < 1.29 is 9.59 Å². The lowest BCUT2D eigenvalue weighted by Gasteiger charge is -2.17. The highest BCUT2D eigenvalue weighted by Gasteiger charge is 2.33. The second kappa shape index (κ2) is 5.43. The third-order valence-corrected chi connectivity index (χ3v) is 3.91. The molecule has 1 heterocycles. The van der Waals surface area contributed by atoms with E-state index in [9.17, 15) is 9.59 Å². The van der Waals surface area contributed by atoms with Gasteiger partial charge in [0, 0.05) is 18.7 Å². The number of carbonyl (C=O) groups excluding carboxylic acids is 2. The molecule has 1 aliphatic heterocycles. The molecule has 0 spiro atoms. The second-order valence-electron chi connectivity index (χ2n) is 5.21. The van der Waals surface area contributed by atoms with E-state index < -0.39 is 5.91 Å². The number of rotatable bonds is 4. The molecule has 1 fully saturated rings. The highest BCUT2D eigenvalue weighted by molar-refractivity contribution is 6.00. The first-order valence-corrected chi connectivity index (χ1v) is 6.72. The van der Waals surface area contributed by atoms with Crippen LogP contribution in [-0.4, -0.2) is 18.4 Å². The Morgan fingerprint density at radius 2 is 2.05 bits per heavy atom. The molecule has 1 saturated heterocycles. The van der Waals surface area contributed by atoms with Gasteiger partial charge in [-0.05, 0) is 30.0 Å². The van der Waals surface area contributed by atoms with E-state index in [1.165, 1.54) is 5.56 Å². The van der Waals surface area contributed by atoms with E-state index in [1.807, 2.05) is 24.3 Å². The predicted octanol–water partition coefficient (Wildman–Crippen LogP) is 2.04. The normalized spacial score (nSPS) is 20.6. The molecule has 4 heteroatoms. The summed E-state index contributed by atoms with van der Waals surface area (Å²) in [5.74, 6) is -0.268. The molecule has 1 aromatic carbocycles. The number of amides is 2. The molecule has 0 saturated carbocycles. The molecule has 2 amide bonds. The lowest BCUT2D eigenvalue weighted by atomic mass is 9.98. The topological polar surface area (TPSA) is 63.4 Å². The van der Waals surface area contributed by atoms with Gasteiger partial charge in [-0.25, -0.2) is 0 Å². The molecule has 0 aliphatic carbocycles. The van der Waals surface area contributed by atoms with Crippen LogP contribution >= 0.6 is 0 Å². The number of carbonyl (C=O) groups is 2. The standard InChI is InChI=1S/C15H20N2O2/c1-3-10(2)11-4-6-13(7-5-11)17-9-12(15(16)19)8-14(17)18/h4-7,10,12H,3,8-9H2,1-2H3,(H2,16,19). The van der Waals surface area contributed by atoms with E-state index in [2.05, 4.69) is 13.8 Å². The molecule has 2 atom stereocenters. The number of primary amides is 1. The van der Waals surface area contributed by atoms with E-state index in [1.54, 1.807) is 4.90 Å². The van der Waals surface area contributed by atoms with Crippen molar-refractivity contribution in [2.75, 3.05) is 11.4 Å². The SMILES string of the molecule is CCC(C)c1ccc(N2CC(C(N)=O)CC2=O)cc1. The smallest absolute Gasteiger partial charge is 0.227 e. The maximum Gasteiger partial charge on any atom is 0.227 e. The summed E-state index contributed by atoms with van der Waals surface area (Å²) in [7, 11) is 0. The first-order valence-electron chi connectivity index (χ1n) is 6.72. The minimum atomic E-state index is -0.396. The van der Waals surface area contributed by atoms with Gasteiger partial charge < -0.3 is 10.6 Å². The van der Waals surface area contributed by atoms with Gasteiger partial charge in [-0.2, -0.15) is 0 Å². The Bertz CT molecular complexity index is 481. The molecule has 4 nitrogen and oxygen atoms in total. The molecule has 1 aromatic rings. The Labute approximate surface area is 113 Å². The third-order valence-electron chi connectivity index (χ3n) is 3.91. The van der Waals surface area contributed by atoms with Crippen molar-refractivity contribution in [3.63, 3.8) is 0 Å². The lowest BCUT2D eigenvalue weighted by molar-refractivity contribution is -0.123. The Morgan fingerprint density at radius 1 is 1.42 bits per heavy atom. The zero-order valence-corrected chi connectivity index (χ0v) is 11.4. The Kier molecular flexibility index (Phi) is 3.88. The summed E-state index contributed by atoms with van der Waals surface area (Å²) < 4.78 is 0. The molecule has 2 N–H and O–H groups in total. The number of nitrogens with zero attached hydrogens (tertiary/aromatic N) is 1. The molecule has 2 unspecified atom stereocenters. The highest BCUT2D eigenvalue weighted by Crippen LogP contribution is 2.27. The van der Waals surface area contributed by atoms with Crippen LogP contribution in [-0.2, 0) is 9.59 Å². The van der Waals surface area contributed by atoms with Gasteiger partial charge in [0.15, 0.2) is 0 Å². The summed E-state index contributed by atoms with van der Waals surface area (Å²) >= 11 is 0. The van der Waals surface area contributed by atoms with Crippen LogP contribution in [0.25, 0.3) is 0 Å². The van der Waals surface area contributed by atoms with Crippen molar-refractivity contribution in [1.29, 1.82) is 0 Å². The molecule has 2 rings (SSSR count). The van der Waals surface area contributed by atoms with Crippen molar-refractivity contribution in [2.45, 2.75) is 32.6 Å².